The van der Waals surface area contributed by atoms with Crippen molar-refractivity contribution in [3.05, 3.63) is 27.9 Å². The first-order chi connectivity index (χ1) is 10.7. The Morgan fingerprint density at radius 1 is 1.43 bits per heavy atom. The smallest absolute Gasteiger partial charge is 0.287 e. The Kier molecular flexibility index (Phi) is 5.53. The molecule has 0 aliphatic carbocycles. The minimum absolute atomic E-state index is 0.0105. The largest absolute Gasteiger partial charge is 0.367 e. The van der Waals surface area contributed by atoms with Crippen molar-refractivity contribution in [2.45, 2.75) is 25.8 Å². The Morgan fingerprint density at radius 3 is 2.61 bits per heavy atom. The maximum absolute atomic E-state index is 11.2. The number of piperidine rings is 1. The van der Waals surface area contributed by atoms with Gasteiger partial charge in [-0.1, -0.05) is 0 Å². The van der Waals surface area contributed by atoms with E-state index in [0.29, 0.717) is 12.4 Å². The number of pyridine rings is 1. The quantitative estimate of drug-likeness (QED) is 0.612. The number of aryl methyl sites for hydroxylation is 1. The molecule has 23 heavy (non-hydrogen) atoms. The van der Waals surface area contributed by atoms with Gasteiger partial charge in [-0.05, 0) is 25.3 Å². The molecule has 2 heterocycles. The number of nitro groups is 1. The molecule has 1 aromatic heterocycles. The summed E-state index contributed by atoms with van der Waals surface area (Å²) in [5.74, 6) is 0.860. The molecule has 0 radical (unpaired) electrons. The normalized spacial score (nSPS) is 17.1. The fraction of sp³-hybridized carbons (Fsp3) is 0.643. The van der Waals surface area contributed by atoms with Crippen LogP contribution in [0.2, 0.25) is 0 Å². The SMILES string of the molecule is Cc1cc([N+](=O)[O-])cnc1NC1CCN(CCS(C)(=O)=O)CC1. The van der Waals surface area contributed by atoms with Gasteiger partial charge in [0.15, 0.2) is 0 Å². The predicted octanol–water partition coefficient (Wildman–Crippen LogP) is 1.22. The van der Waals surface area contributed by atoms with E-state index in [-0.39, 0.29) is 17.5 Å². The van der Waals surface area contributed by atoms with Crippen molar-refractivity contribution in [1.29, 1.82) is 0 Å². The number of likely N-dealkylation sites (tertiary alicyclic amines) is 1. The molecule has 0 saturated carbocycles. The summed E-state index contributed by atoms with van der Waals surface area (Å²) in [6.45, 7) is 4.03. The van der Waals surface area contributed by atoms with Gasteiger partial charge >= 0.3 is 0 Å². The van der Waals surface area contributed by atoms with E-state index in [9.17, 15) is 18.5 Å². The number of nitrogens with one attached hydrogen (secondary N) is 1. The molecule has 0 unspecified atom stereocenters. The third-order valence-corrected chi connectivity index (χ3v) is 4.91. The summed E-state index contributed by atoms with van der Waals surface area (Å²) >= 11 is 0. The first-order valence-electron chi connectivity index (χ1n) is 7.52. The fourth-order valence-electron chi connectivity index (χ4n) is 2.60. The summed E-state index contributed by atoms with van der Waals surface area (Å²) < 4.78 is 22.4. The highest BCUT2D eigenvalue weighted by molar-refractivity contribution is 7.90. The Bertz CT molecular complexity index is 669. The lowest BCUT2D eigenvalue weighted by Crippen LogP contribution is -2.41. The highest BCUT2D eigenvalue weighted by Gasteiger charge is 2.21. The molecule has 0 spiro atoms. The van der Waals surface area contributed by atoms with Gasteiger partial charge in [-0.3, -0.25) is 10.1 Å². The van der Waals surface area contributed by atoms with Gasteiger partial charge in [-0.25, -0.2) is 13.4 Å². The zero-order chi connectivity index (χ0) is 17.0. The molecule has 1 aliphatic rings. The topological polar surface area (TPSA) is 105 Å². The van der Waals surface area contributed by atoms with Crippen LogP contribution in [-0.2, 0) is 9.84 Å². The third kappa shape index (κ3) is 5.43. The van der Waals surface area contributed by atoms with Gasteiger partial charge < -0.3 is 10.2 Å². The zero-order valence-electron chi connectivity index (χ0n) is 13.4. The molecular weight excluding hydrogens is 320 g/mol. The van der Waals surface area contributed by atoms with Crippen LogP contribution in [0.15, 0.2) is 12.3 Å². The van der Waals surface area contributed by atoms with Crippen LogP contribution in [0.5, 0.6) is 0 Å². The number of sulfone groups is 1. The summed E-state index contributed by atoms with van der Waals surface area (Å²) in [7, 11) is -2.92. The summed E-state index contributed by atoms with van der Waals surface area (Å²) in [6.07, 6.45) is 4.30. The summed E-state index contributed by atoms with van der Waals surface area (Å²) in [4.78, 5) is 16.5. The molecule has 0 bridgehead atoms. The van der Waals surface area contributed by atoms with E-state index in [4.69, 9.17) is 0 Å². The number of anilines is 1. The molecule has 0 atom stereocenters. The van der Waals surface area contributed by atoms with Crippen LogP contribution in [0.25, 0.3) is 0 Å². The van der Waals surface area contributed by atoms with Crippen molar-refractivity contribution < 1.29 is 13.3 Å². The number of hydrogen-bond donors (Lipinski definition) is 1. The van der Waals surface area contributed by atoms with Crippen molar-refractivity contribution in [2.75, 3.05) is 37.0 Å². The molecule has 1 saturated heterocycles. The van der Waals surface area contributed by atoms with E-state index in [2.05, 4.69) is 15.2 Å². The van der Waals surface area contributed by atoms with Crippen LogP contribution >= 0.6 is 0 Å². The van der Waals surface area contributed by atoms with Crippen LogP contribution in [-0.4, -0.2) is 60.9 Å². The van der Waals surface area contributed by atoms with Crippen molar-refractivity contribution in [2.24, 2.45) is 0 Å². The van der Waals surface area contributed by atoms with Gasteiger partial charge in [0, 0.05) is 38.0 Å². The minimum atomic E-state index is -2.92. The van der Waals surface area contributed by atoms with Gasteiger partial charge in [-0.15, -0.1) is 0 Å². The molecule has 1 aromatic rings. The maximum Gasteiger partial charge on any atom is 0.287 e. The summed E-state index contributed by atoms with van der Waals surface area (Å²) in [6, 6.07) is 1.76. The van der Waals surface area contributed by atoms with Crippen LogP contribution in [0.1, 0.15) is 18.4 Å². The second-order valence-electron chi connectivity index (χ2n) is 6.01. The van der Waals surface area contributed by atoms with E-state index in [1.165, 1.54) is 18.5 Å². The van der Waals surface area contributed by atoms with E-state index >= 15 is 0 Å². The first-order valence-corrected chi connectivity index (χ1v) is 9.58. The molecule has 0 amide bonds. The molecule has 1 aliphatic heterocycles. The predicted molar refractivity (Wildman–Crippen MR) is 88.4 cm³/mol. The first kappa shape index (κ1) is 17.6. The van der Waals surface area contributed by atoms with Crippen molar-refractivity contribution >= 4 is 21.3 Å². The number of hydrogen-bond acceptors (Lipinski definition) is 7. The van der Waals surface area contributed by atoms with Crippen molar-refractivity contribution in [1.82, 2.24) is 9.88 Å². The van der Waals surface area contributed by atoms with Gasteiger partial charge in [0.05, 0.1) is 10.7 Å². The van der Waals surface area contributed by atoms with Crippen LogP contribution < -0.4 is 5.32 Å². The summed E-state index contributed by atoms with van der Waals surface area (Å²) in [5.41, 5.74) is 0.738. The molecular formula is C14H22N4O4S. The second-order valence-corrected chi connectivity index (χ2v) is 8.27. The molecule has 1 N–H and O–H groups in total. The van der Waals surface area contributed by atoms with Gasteiger partial charge in [0.1, 0.15) is 21.9 Å². The monoisotopic (exact) mass is 342 g/mol. The van der Waals surface area contributed by atoms with Crippen LogP contribution in [0, 0.1) is 17.0 Å². The average Bonchev–Trinajstić information content (AvgIpc) is 2.47. The lowest BCUT2D eigenvalue weighted by Gasteiger charge is -2.32. The highest BCUT2D eigenvalue weighted by Crippen LogP contribution is 2.21. The Labute approximate surface area is 136 Å². The van der Waals surface area contributed by atoms with Gasteiger partial charge in [0.25, 0.3) is 5.69 Å². The fourth-order valence-corrected chi connectivity index (χ4v) is 3.19. The highest BCUT2D eigenvalue weighted by atomic mass is 32.2. The molecule has 1 fully saturated rings. The van der Waals surface area contributed by atoms with E-state index in [0.717, 1.165) is 31.5 Å². The van der Waals surface area contributed by atoms with Crippen molar-refractivity contribution in [3.63, 3.8) is 0 Å². The lowest BCUT2D eigenvalue weighted by atomic mass is 10.0. The third-order valence-electron chi connectivity index (χ3n) is 3.98. The Balaban J connectivity index is 1.86. The Morgan fingerprint density at radius 2 is 2.09 bits per heavy atom. The average molecular weight is 342 g/mol. The van der Waals surface area contributed by atoms with E-state index in [1.807, 2.05) is 0 Å². The molecule has 9 heteroatoms. The number of aromatic nitrogens is 1. The van der Waals surface area contributed by atoms with Crippen LogP contribution in [0.3, 0.4) is 0 Å². The van der Waals surface area contributed by atoms with Gasteiger partial charge in [0.2, 0.25) is 0 Å². The van der Waals surface area contributed by atoms with Crippen LogP contribution in [0.4, 0.5) is 11.5 Å². The van der Waals surface area contributed by atoms with Crippen molar-refractivity contribution in [3.8, 4) is 0 Å². The van der Waals surface area contributed by atoms with Gasteiger partial charge in [-0.2, -0.15) is 0 Å². The number of rotatable bonds is 6. The molecule has 128 valence electrons. The minimum Gasteiger partial charge on any atom is -0.367 e. The Hall–Kier alpha value is -1.74. The maximum atomic E-state index is 11.2. The second kappa shape index (κ2) is 7.22. The molecule has 2 rings (SSSR count). The lowest BCUT2D eigenvalue weighted by molar-refractivity contribution is -0.385. The van der Waals surface area contributed by atoms with E-state index < -0.39 is 14.8 Å². The van der Waals surface area contributed by atoms with E-state index in [1.54, 1.807) is 6.92 Å². The molecule has 8 nitrogen and oxygen atoms in total. The zero-order valence-corrected chi connectivity index (χ0v) is 14.2. The summed E-state index contributed by atoms with van der Waals surface area (Å²) in [5, 5.41) is 14.0. The molecule has 0 aromatic carbocycles. The standard InChI is InChI=1S/C14H22N4O4S/c1-11-9-13(18(19)20)10-15-14(11)16-12-3-5-17(6-4-12)7-8-23(2,21)22/h9-10,12H,3-8H2,1-2H3,(H,15,16). The number of nitrogens with zero attached hydrogens (tertiary/aromatic N) is 3.